The quantitative estimate of drug-likeness (QED) is 0.739. The molecule has 0 amide bonds. The van der Waals surface area contributed by atoms with Crippen LogP contribution in [-0.2, 0) is 0 Å². The second-order valence-electron chi connectivity index (χ2n) is 5.35. The van der Waals surface area contributed by atoms with Crippen LogP contribution in [0.2, 0.25) is 0 Å². The summed E-state index contributed by atoms with van der Waals surface area (Å²) in [5, 5.41) is 11.2. The van der Waals surface area contributed by atoms with Gasteiger partial charge in [0.25, 0.3) is 0 Å². The van der Waals surface area contributed by atoms with Gasteiger partial charge in [-0.15, -0.1) is 0 Å². The first kappa shape index (κ1) is 15.2. The number of hydrogen-bond acceptors (Lipinski definition) is 4. The van der Waals surface area contributed by atoms with Gasteiger partial charge in [0.15, 0.2) is 0 Å². The van der Waals surface area contributed by atoms with Crippen molar-refractivity contribution in [3.05, 3.63) is 70.1 Å². The molecule has 2 aromatic carbocycles. The van der Waals surface area contributed by atoms with Crippen LogP contribution in [0, 0.1) is 0 Å². The maximum Gasteiger partial charge on any atom is 0.343 e. The monoisotopic (exact) mass is 310 g/mol. The largest absolute Gasteiger partial charge is 0.507 e. The first-order chi connectivity index (χ1) is 11.2. The van der Waals surface area contributed by atoms with Crippen molar-refractivity contribution in [3.63, 3.8) is 0 Å². The third-order valence-electron chi connectivity index (χ3n) is 4.09. The Bertz CT molecular complexity index is 895. The molecule has 0 spiro atoms. The smallest absolute Gasteiger partial charge is 0.343 e. The number of ether oxygens (including phenoxy) is 1. The molecule has 118 valence electrons. The van der Waals surface area contributed by atoms with Gasteiger partial charge in [-0.25, -0.2) is 4.79 Å². The lowest BCUT2D eigenvalue weighted by Gasteiger charge is -2.19. The van der Waals surface area contributed by atoms with Crippen LogP contribution in [0.25, 0.3) is 11.0 Å². The molecule has 1 aromatic heterocycles. The summed E-state index contributed by atoms with van der Waals surface area (Å²) in [5.41, 5.74) is 0.999. The number of fused-ring (bicyclic) bond motifs is 1. The number of methoxy groups -OCH3 is 1. The van der Waals surface area contributed by atoms with Gasteiger partial charge in [-0.05, 0) is 24.6 Å². The summed E-state index contributed by atoms with van der Waals surface area (Å²) in [6.45, 7) is 1.96. The van der Waals surface area contributed by atoms with Crippen molar-refractivity contribution in [1.82, 2.24) is 0 Å². The Balaban J connectivity index is 2.27. The van der Waals surface area contributed by atoms with Crippen LogP contribution >= 0.6 is 0 Å². The molecule has 0 saturated carbocycles. The van der Waals surface area contributed by atoms with E-state index in [2.05, 4.69) is 0 Å². The predicted molar refractivity (Wildman–Crippen MR) is 89.3 cm³/mol. The Morgan fingerprint density at radius 1 is 1.13 bits per heavy atom. The lowest BCUT2D eigenvalue weighted by molar-refractivity contribution is 0.404. The number of aromatic hydroxyl groups is 1. The molecule has 0 saturated heterocycles. The highest BCUT2D eigenvalue weighted by molar-refractivity contribution is 5.84. The van der Waals surface area contributed by atoms with E-state index in [0.29, 0.717) is 23.1 Å². The molecule has 23 heavy (non-hydrogen) atoms. The van der Waals surface area contributed by atoms with Gasteiger partial charge in [-0.1, -0.05) is 37.3 Å². The van der Waals surface area contributed by atoms with Crippen molar-refractivity contribution in [2.75, 3.05) is 7.11 Å². The Hall–Kier alpha value is -2.75. The SMILES string of the molecule is CC[C@H](c1ccccc1OC)c1c(O)c2ccccc2oc1=O. The van der Waals surface area contributed by atoms with Gasteiger partial charge in [-0.3, -0.25) is 0 Å². The van der Waals surface area contributed by atoms with E-state index in [4.69, 9.17) is 9.15 Å². The molecule has 0 fully saturated rings. The van der Waals surface area contributed by atoms with Gasteiger partial charge in [0, 0.05) is 11.5 Å². The second kappa shape index (κ2) is 6.16. The number of rotatable bonds is 4. The third-order valence-corrected chi connectivity index (χ3v) is 4.09. The van der Waals surface area contributed by atoms with Gasteiger partial charge >= 0.3 is 5.63 Å². The summed E-state index contributed by atoms with van der Waals surface area (Å²) in [6, 6.07) is 14.5. The molecule has 3 aromatic rings. The first-order valence-corrected chi connectivity index (χ1v) is 7.55. The summed E-state index contributed by atoms with van der Waals surface area (Å²) < 4.78 is 10.8. The van der Waals surface area contributed by atoms with Crippen molar-refractivity contribution < 1.29 is 14.3 Å². The molecule has 4 nitrogen and oxygen atoms in total. The Morgan fingerprint density at radius 3 is 2.57 bits per heavy atom. The molecule has 1 heterocycles. The zero-order chi connectivity index (χ0) is 16.4. The van der Waals surface area contributed by atoms with Crippen molar-refractivity contribution >= 4 is 11.0 Å². The van der Waals surface area contributed by atoms with Gasteiger partial charge in [0.1, 0.15) is 17.1 Å². The lowest BCUT2D eigenvalue weighted by Crippen LogP contribution is -2.14. The molecular formula is C19H18O4. The van der Waals surface area contributed by atoms with Gasteiger partial charge in [0.2, 0.25) is 0 Å². The summed E-state index contributed by atoms with van der Waals surface area (Å²) in [5.74, 6) is 0.368. The fraction of sp³-hybridized carbons (Fsp3) is 0.211. The van der Waals surface area contributed by atoms with E-state index in [1.54, 1.807) is 31.4 Å². The van der Waals surface area contributed by atoms with E-state index in [-0.39, 0.29) is 17.2 Å². The summed E-state index contributed by atoms with van der Waals surface area (Å²) in [6.07, 6.45) is 0.636. The topological polar surface area (TPSA) is 59.7 Å². The molecule has 0 radical (unpaired) electrons. The molecule has 0 aliphatic rings. The maximum absolute atomic E-state index is 12.5. The molecule has 1 atom stereocenters. The number of benzene rings is 2. The lowest BCUT2D eigenvalue weighted by atomic mass is 9.88. The summed E-state index contributed by atoms with van der Waals surface area (Å²) in [4.78, 5) is 12.5. The third kappa shape index (κ3) is 2.57. The zero-order valence-electron chi connectivity index (χ0n) is 13.1. The molecule has 0 unspecified atom stereocenters. The minimum atomic E-state index is -0.515. The molecule has 0 aliphatic carbocycles. The maximum atomic E-state index is 12.5. The van der Waals surface area contributed by atoms with Crippen LogP contribution in [0.1, 0.15) is 30.4 Å². The molecule has 1 N–H and O–H groups in total. The zero-order valence-corrected chi connectivity index (χ0v) is 13.1. The van der Waals surface area contributed by atoms with Crippen molar-refractivity contribution in [1.29, 1.82) is 0 Å². The highest BCUT2D eigenvalue weighted by Gasteiger charge is 2.25. The number of hydrogen-bond donors (Lipinski definition) is 1. The Kier molecular flexibility index (Phi) is 4.06. The van der Waals surface area contributed by atoms with Crippen LogP contribution < -0.4 is 10.4 Å². The fourth-order valence-corrected chi connectivity index (χ4v) is 2.99. The summed E-state index contributed by atoms with van der Waals surface area (Å²) >= 11 is 0. The normalized spacial score (nSPS) is 12.3. The van der Waals surface area contributed by atoms with E-state index in [9.17, 15) is 9.90 Å². The van der Waals surface area contributed by atoms with E-state index in [0.717, 1.165) is 5.56 Å². The second-order valence-corrected chi connectivity index (χ2v) is 5.35. The minimum Gasteiger partial charge on any atom is -0.507 e. The highest BCUT2D eigenvalue weighted by Crippen LogP contribution is 2.38. The van der Waals surface area contributed by atoms with Gasteiger partial charge in [0.05, 0.1) is 18.1 Å². The molecule has 3 rings (SSSR count). The van der Waals surface area contributed by atoms with Crippen LogP contribution in [0.15, 0.2) is 57.7 Å². The van der Waals surface area contributed by atoms with E-state index >= 15 is 0 Å². The van der Waals surface area contributed by atoms with Gasteiger partial charge < -0.3 is 14.3 Å². The molecule has 0 aliphatic heterocycles. The van der Waals surface area contributed by atoms with Crippen LogP contribution in [0.3, 0.4) is 0 Å². The summed E-state index contributed by atoms with van der Waals surface area (Å²) in [7, 11) is 1.59. The van der Waals surface area contributed by atoms with Crippen molar-refractivity contribution in [3.8, 4) is 11.5 Å². The van der Waals surface area contributed by atoms with Gasteiger partial charge in [-0.2, -0.15) is 0 Å². The Labute approximate surface area is 134 Å². The molecule has 4 heteroatoms. The average molecular weight is 310 g/mol. The number of para-hydroxylation sites is 2. The highest BCUT2D eigenvalue weighted by atomic mass is 16.5. The van der Waals surface area contributed by atoms with Crippen molar-refractivity contribution in [2.24, 2.45) is 0 Å². The standard InChI is InChI=1S/C19H18O4/c1-3-12(13-8-4-6-10-15(13)22-2)17-18(20)14-9-5-7-11-16(14)23-19(17)21/h4-12,20H,3H2,1-2H3/t12-/m1/s1. The van der Waals surface area contributed by atoms with Crippen LogP contribution in [-0.4, -0.2) is 12.2 Å². The van der Waals surface area contributed by atoms with E-state index in [1.807, 2.05) is 31.2 Å². The minimum absolute atomic E-state index is 0.0189. The molecule has 0 bridgehead atoms. The van der Waals surface area contributed by atoms with Crippen LogP contribution in [0.5, 0.6) is 11.5 Å². The predicted octanol–water partition coefficient (Wildman–Crippen LogP) is 4.05. The Morgan fingerprint density at radius 2 is 1.83 bits per heavy atom. The van der Waals surface area contributed by atoms with E-state index < -0.39 is 5.63 Å². The van der Waals surface area contributed by atoms with E-state index in [1.165, 1.54) is 0 Å². The van der Waals surface area contributed by atoms with Crippen LogP contribution in [0.4, 0.5) is 0 Å². The fourth-order valence-electron chi connectivity index (χ4n) is 2.99. The molecular weight excluding hydrogens is 292 g/mol. The average Bonchev–Trinajstić information content (AvgIpc) is 2.58. The van der Waals surface area contributed by atoms with Crippen molar-refractivity contribution in [2.45, 2.75) is 19.3 Å². The first-order valence-electron chi connectivity index (χ1n) is 7.55.